The lowest BCUT2D eigenvalue weighted by atomic mass is 10.1. The van der Waals surface area contributed by atoms with Crippen LogP contribution in [0.4, 0.5) is 13.2 Å². The Morgan fingerprint density at radius 2 is 2.00 bits per heavy atom. The minimum atomic E-state index is -4.33. The topological polar surface area (TPSA) is 32.7 Å². The third kappa shape index (κ3) is 3.81. The molecule has 1 aliphatic heterocycles. The van der Waals surface area contributed by atoms with Gasteiger partial charge in [-0.05, 0) is 29.1 Å². The fourth-order valence-corrected chi connectivity index (χ4v) is 3.88. The van der Waals surface area contributed by atoms with Crippen molar-refractivity contribution in [1.29, 1.82) is 0 Å². The Hall–Kier alpha value is -1.80. The molecule has 24 heavy (non-hydrogen) atoms. The van der Waals surface area contributed by atoms with Gasteiger partial charge in [0, 0.05) is 12.3 Å². The van der Waals surface area contributed by atoms with E-state index in [4.69, 9.17) is 0 Å². The minimum Gasteiger partial charge on any atom is -0.285 e. The van der Waals surface area contributed by atoms with E-state index >= 15 is 0 Å². The number of hydrogen-bond donors (Lipinski definition) is 0. The Balaban J connectivity index is 1.62. The Morgan fingerprint density at radius 3 is 2.62 bits per heavy atom. The van der Waals surface area contributed by atoms with Crippen LogP contribution < -0.4 is 0 Å². The van der Waals surface area contributed by atoms with Gasteiger partial charge in [0.25, 0.3) is 5.91 Å². The van der Waals surface area contributed by atoms with Crippen molar-refractivity contribution in [3.05, 3.63) is 57.8 Å². The predicted octanol–water partition coefficient (Wildman–Crippen LogP) is 4.51. The Kier molecular flexibility index (Phi) is 4.96. The lowest BCUT2D eigenvalue weighted by Gasteiger charge is -2.17. The molecule has 126 valence electrons. The lowest BCUT2D eigenvalue weighted by molar-refractivity contribution is -0.137. The molecule has 0 radical (unpaired) electrons. The standard InChI is InChI=1S/C16H13F3N2OS2/c17-16(18,19)12-5-3-11(4-6-12)10-24-15-20-7-8-21(15)14(22)13-2-1-9-23-13/h1-6,9H,7-8,10H2. The molecule has 8 heteroatoms. The summed E-state index contributed by atoms with van der Waals surface area (Å²) in [4.78, 5) is 19.0. The van der Waals surface area contributed by atoms with Gasteiger partial charge in [-0.15, -0.1) is 11.3 Å². The molecular formula is C16H13F3N2OS2. The van der Waals surface area contributed by atoms with E-state index in [1.807, 2.05) is 11.4 Å². The van der Waals surface area contributed by atoms with E-state index in [0.29, 0.717) is 28.9 Å². The van der Waals surface area contributed by atoms with Crippen molar-refractivity contribution >= 4 is 34.2 Å². The largest absolute Gasteiger partial charge is 0.416 e. The minimum absolute atomic E-state index is 0.0823. The second-order valence-electron chi connectivity index (χ2n) is 5.08. The molecule has 0 fully saturated rings. The molecular weight excluding hydrogens is 357 g/mol. The van der Waals surface area contributed by atoms with Crippen LogP contribution in [0.2, 0.25) is 0 Å². The van der Waals surface area contributed by atoms with Crippen molar-refractivity contribution < 1.29 is 18.0 Å². The zero-order chi connectivity index (χ0) is 17.2. The van der Waals surface area contributed by atoms with Gasteiger partial charge in [-0.1, -0.05) is 30.0 Å². The van der Waals surface area contributed by atoms with Crippen LogP contribution >= 0.6 is 23.1 Å². The SMILES string of the molecule is O=C(c1cccs1)N1CCN=C1SCc1ccc(C(F)(F)F)cc1. The van der Waals surface area contributed by atoms with Crippen LogP contribution in [0.5, 0.6) is 0 Å². The van der Waals surface area contributed by atoms with Gasteiger partial charge >= 0.3 is 6.18 Å². The van der Waals surface area contributed by atoms with Crippen LogP contribution in [0.15, 0.2) is 46.8 Å². The van der Waals surface area contributed by atoms with Crippen LogP contribution in [0.1, 0.15) is 20.8 Å². The van der Waals surface area contributed by atoms with Gasteiger partial charge in [-0.3, -0.25) is 14.7 Å². The highest BCUT2D eigenvalue weighted by atomic mass is 32.2. The number of amides is 1. The fourth-order valence-electron chi connectivity index (χ4n) is 2.21. The molecule has 0 atom stereocenters. The number of alkyl halides is 3. The highest BCUT2D eigenvalue weighted by Gasteiger charge is 2.30. The summed E-state index contributed by atoms with van der Waals surface area (Å²) in [5.41, 5.74) is 0.0927. The molecule has 2 heterocycles. The van der Waals surface area contributed by atoms with E-state index in [2.05, 4.69) is 4.99 Å². The van der Waals surface area contributed by atoms with Crippen molar-refractivity contribution in [3.8, 4) is 0 Å². The number of carbonyl (C=O) groups is 1. The average molecular weight is 370 g/mol. The molecule has 0 saturated heterocycles. The summed E-state index contributed by atoms with van der Waals surface area (Å²) in [5, 5.41) is 2.46. The number of halogens is 3. The van der Waals surface area contributed by atoms with Gasteiger partial charge in [0.1, 0.15) is 0 Å². The van der Waals surface area contributed by atoms with E-state index in [1.165, 1.54) is 35.2 Å². The summed E-state index contributed by atoms with van der Waals surface area (Å²) in [5.74, 6) is 0.381. The molecule has 1 aromatic carbocycles. The maximum absolute atomic E-state index is 12.6. The zero-order valence-electron chi connectivity index (χ0n) is 12.4. The van der Waals surface area contributed by atoms with Crippen LogP contribution in [0.25, 0.3) is 0 Å². The number of hydrogen-bond acceptors (Lipinski definition) is 4. The van der Waals surface area contributed by atoms with Crippen molar-refractivity contribution in [2.75, 3.05) is 13.1 Å². The van der Waals surface area contributed by atoms with Gasteiger partial charge in [-0.25, -0.2) is 0 Å². The molecule has 0 unspecified atom stereocenters. The number of amidine groups is 1. The Morgan fingerprint density at radius 1 is 1.25 bits per heavy atom. The van der Waals surface area contributed by atoms with E-state index in [0.717, 1.165) is 17.7 Å². The maximum atomic E-state index is 12.6. The lowest BCUT2D eigenvalue weighted by Crippen LogP contribution is -2.32. The van der Waals surface area contributed by atoms with Gasteiger partial charge in [0.15, 0.2) is 5.17 Å². The molecule has 0 saturated carbocycles. The summed E-state index contributed by atoms with van der Waals surface area (Å²) in [6, 6.07) is 8.64. The molecule has 1 amide bonds. The molecule has 1 aliphatic rings. The van der Waals surface area contributed by atoms with Gasteiger partial charge in [0.2, 0.25) is 0 Å². The summed E-state index contributed by atoms with van der Waals surface area (Å²) in [6.07, 6.45) is -4.33. The molecule has 0 aliphatic carbocycles. The molecule has 0 spiro atoms. The third-order valence-corrected chi connectivity index (χ3v) is 5.37. The predicted molar refractivity (Wildman–Crippen MR) is 90.4 cm³/mol. The number of thiophene rings is 1. The van der Waals surface area contributed by atoms with E-state index in [9.17, 15) is 18.0 Å². The summed E-state index contributed by atoms with van der Waals surface area (Å²) in [6.45, 7) is 1.08. The first-order chi connectivity index (χ1) is 11.4. The number of nitrogens with zero attached hydrogens (tertiary/aromatic N) is 2. The third-order valence-electron chi connectivity index (χ3n) is 3.43. The first kappa shape index (κ1) is 17.0. The normalized spacial score (nSPS) is 14.8. The van der Waals surface area contributed by atoms with Crippen molar-refractivity contribution in [2.24, 2.45) is 4.99 Å². The van der Waals surface area contributed by atoms with Crippen molar-refractivity contribution in [1.82, 2.24) is 4.90 Å². The second kappa shape index (κ2) is 6.98. The Labute approximate surface area is 145 Å². The van der Waals surface area contributed by atoms with Gasteiger partial charge < -0.3 is 0 Å². The van der Waals surface area contributed by atoms with E-state index in [-0.39, 0.29) is 5.91 Å². The number of thioether (sulfide) groups is 1. The summed E-state index contributed by atoms with van der Waals surface area (Å²) in [7, 11) is 0. The smallest absolute Gasteiger partial charge is 0.285 e. The van der Waals surface area contributed by atoms with Gasteiger partial charge in [-0.2, -0.15) is 13.2 Å². The maximum Gasteiger partial charge on any atom is 0.416 e. The first-order valence-corrected chi connectivity index (χ1v) is 9.00. The zero-order valence-corrected chi connectivity index (χ0v) is 14.0. The number of aliphatic imine (C=N–C) groups is 1. The first-order valence-electron chi connectivity index (χ1n) is 7.14. The van der Waals surface area contributed by atoms with Crippen LogP contribution in [-0.4, -0.2) is 29.1 Å². The molecule has 0 bridgehead atoms. The average Bonchev–Trinajstić information content (AvgIpc) is 3.23. The van der Waals surface area contributed by atoms with Crippen molar-refractivity contribution in [2.45, 2.75) is 11.9 Å². The van der Waals surface area contributed by atoms with Gasteiger partial charge in [0.05, 0.1) is 17.0 Å². The molecule has 3 nitrogen and oxygen atoms in total. The summed E-state index contributed by atoms with van der Waals surface area (Å²) >= 11 is 2.74. The monoisotopic (exact) mass is 370 g/mol. The highest BCUT2D eigenvalue weighted by molar-refractivity contribution is 8.13. The molecule has 3 rings (SSSR count). The fraction of sp³-hybridized carbons (Fsp3) is 0.250. The Bertz CT molecular complexity index is 740. The summed E-state index contributed by atoms with van der Waals surface area (Å²) < 4.78 is 37.7. The number of benzene rings is 1. The second-order valence-corrected chi connectivity index (χ2v) is 6.97. The molecule has 1 aromatic heterocycles. The number of carbonyl (C=O) groups excluding carboxylic acids is 1. The van der Waals surface area contributed by atoms with E-state index in [1.54, 1.807) is 11.0 Å². The van der Waals surface area contributed by atoms with E-state index < -0.39 is 11.7 Å². The number of rotatable bonds is 3. The molecule has 0 N–H and O–H groups in total. The molecule has 2 aromatic rings. The van der Waals surface area contributed by atoms with Crippen molar-refractivity contribution in [3.63, 3.8) is 0 Å². The van der Waals surface area contributed by atoms with Crippen LogP contribution in [0.3, 0.4) is 0 Å². The quantitative estimate of drug-likeness (QED) is 0.796. The van der Waals surface area contributed by atoms with Crippen LogP contribution in [0, 0.1) is 0 Å². The van der Waals surface area contributed by atoms with Crippen LogP contribution in [-0.2, 0) is 11.9 Å². The highest BCUT2D eigenvalue weighted by Crippen LogP contribution is 2.30.